The average Bonchev–Trinajstić information content (AvgIpc) is 3.16. The molecule has 0 saturated carbocycles. The molecule has 3 amide bonds. The van der Waals surface area contributed by atoms with Gasteiger partial charge in [0.05, 0.1) is 16.9 Å². The first kappa shape index (κ1) is 19.0. The molecule has 154 valence electrons. The second kappa shape index (κ2) is 6.01. The lowest BCUT2D eigenvalue weighted by molar-refractivity contribution is -0.137. The molecule has 0 spiro atoms. The molecule has 2 aliphatic heterocycles. The van der Waals surface area contributed by atoms with Crippen LogP contribution in [0.2, 0.25) is 5.02 Å². The van der Waals surface area contributed by atoms with E-state index in [1.54, 1.807) is 6.92 Å². The highest BCUT2D eigenvalue weighted by Crippen LogP contribution is 2.47. The Bertz CT molecular complexity index is 1240. The van der Waals surface area contributed by atoms with Crippen molar-refractivity contribution in [1.29, 1.82) is 0 Å². The van der Waals surface area contributed by atoms with Gasteiger partial charge in [0.25, 0.3) is 5.91 Å². The minimum atomic E-state index is -4.78. The highest BCUT2D eigenvalue weighted by atomic mass is 35.5. The number of fused-ring (bicyclic) bond motifs is 5. The summed E-state index contributed by atoms with van der Waals surface area (Å²) < 4.78 is 41.0. The number of imide groups is 1. The molecular formula is C21H15ClF3N3O2. The van der Waals surface area contributed by atoms with Crippen LogP contribution in [0.15, 0.2) is 42.5 Å². The summed E-state index contributed by atoms with van der Waals surface area (Å²) in [6.07, 6.45) is -4.29. The van der Waals surface area contributed by atoms with E-state index in [4.69, 9.17) is 11.6 Å². The third-order valence-corrected chi connectivity index (χ3v) is 6.21. The van der Waals surface area contributed by atoms with Crippen LogP contribution in [0.4, 0.5) is 23.7 Å². The number of rotatable bonds is 1. The van der Waals surface area contributed by atoms with Crippen molar-refractivity contribution in [2.45, 2.75) is 25.1 Å². The lowest BCUT2D eigenvalue weighted by Crippen LogP contribution is -2.49. The van der Waals surface area contributed by atoms with E-state index in [1.165, 1.54) is 11.0 Å². The molecule has 5 rings (SSSR count). The molecular weight excluding hydrogens is 419 g/mol. The fraction of sp³-hybridized carbons (Fsp3) is 0.238. The normalized spacial score (nSPS) is 21.4. The Morgan fingerprint density at radius 2 is 1.87 bits per heavy atom. The second-order valence-corrected chi connectivity index (χ2v) is 8.02. The van der Waals surface area contributed by atoms with Gasteiger partial charge in [0.1, 0.15) is 0 Å². The number of aromatic amines is 1. The van der Waals surface area contributed by atoms with Crippen LogP contribution in [0.3, 0.4) is 0 Å². The number of urea groups is 1. The first-order chi connectivity index (χ1) is 14.1. The summed E-state index contributed by atoms with van der Waals surface area (Å²) in [5, 5.41) is 0.807. The summed E-state index contributed by atoms with van der Waals surface area (Å²) in [6, 6.07) is 9.76. The molecule has 1 fully saturated rings. The fourth-order valence-electron chi connectivity index (χ4n) is 4.53. The first-order valence-corrected chi connectivity index (χ1v) is 9.65. The van der Waals surface area contributed by atoms with Gasteiger partial charge in [-0.05, 0) is 43.2 Å². The third-order valence-electron chi connectivity index (χ3n) is 5.97. The van der Waals surface area contributed by atoms with Gasteiger partial charge in [-0.1, -0.05) is 29.8 Å². The van der Waals surface area contributed by atoms with E-state index in [2.05, 4.69) is 4.98 Å². The van der Waals surface area contributed by atoms with Gasteiger partial charge in [0.15, 0.2) is 5.54 Å². The second-order valence-electron chi connectivity index (χ2n) is 7.58. The van der Waals surface area contributed by atoms with E-state index < -0.39 is 34.9 Å². The van der Waals surface area contributed by atoms with E-state index in [-0.39, 0.29) is 11.6 Å². The number of H-pyrrole nitrogens is 1. The van der Waals surface area contributed by atoms with E-state index in [1.807, 2.05) is 24.3 Å². The number of para-hydroxylation sites is 1. The number of hydrogen-bond acceptors (Lipinski definition) is 2. The SMILES string of the molecule is CC12C(=O)N(c3ccc(Cl)cc3C(F)(F)F)C(=O)N1CCc1c2[nH]c2ccccc12. The van der Waals surface area contributed by atoms with Crippen molar-refractivity contribution in [3.05, 3.63) is 64.3 Å². The number of hydrogen-bond donors (Lipinski definition) is 1. The summed E-state index contributed by atoms with van der Waals surface area (Å²) in [6.45, 7) is 1.80. The predicted octanol–water partition coefficient (Wildman–Crippen LogP) is 5.08. The van der Waals surface area contributed by atoms with Gasteiger partial charge in [-0.2, -0.15) is 13.2 Å². The first-order valence-electron chi connectivity index (χ1n) is 9.27. The van der Waals surface area contributed by atoms with Gasteiger partial charge in [0.2, 0.25) is 0 Å². The topological polar surface area (TPSA) is 56.4 Å². The number of alkyl halides is 3. The number of nitrogens with zero attached hydrogens (tertiary/aromatic N) is 2. The average molecular weight is 434 g/mol. The molecule has 1 atom stereocenters. The molecule has 9 heteroatoms. The zero-order valence-electron chi connectivity index (χ0n) is 15.7. The summed E-state index contributed by atoms with van der Waals surface area (Å²) >= 11 is 5.76. The number of aromatic nitrogens is 1. The van der Waals surface area contributed by atoms with Crippen molar-refractivity contribution < 1.29 is 22.8 Å². The van der Waals surface area contributed by atoms with Crippen LogP contribution in [0, 0.1) is 0 Å². The highest BCUT2D eigenvalue weighted by Gasteiger charge is 2.59. The van der Waals surface area contributed by atoms with Crippen LogP contribution in [0.25, 0.3) is 10.9 Å². The molecule has 1 N–H and O–H groups in total. The molecule has 30 heavy (non-hydrogen) atoms. The Hall–Kier alpha value is -3.00. The van der Waals surface area contributed by atoms with Crippen LogP contribution in [-0.4, -0.2) is 28.4 Å². The molecule has 3 aromatic rings. The van der Waals surface area contributed by atoms with E-state index >= 15 is 0 Å². The van der Waals surface area contributed by atoms with Crippen LogP contribution >= 0.6 is 11.6 Å². The Morgan fingerprint density at radius 3 is 2.60 bits per heavy atom. The van der Waals surface area contributed by atoms with E-state index in [0.717, 1.165) is 28.6 Å². The van der Waals surface area contributed by atoms with Gasteiger partial charge < -0.3 is 9.88 Å². The monoisotopic (exact) mass is 433 g/mol. The van der Waals surface area contributed by atoms with Gasteiger partial charge in [-0.3, -0.25) is 4.79 Å². The minimum absolute atomic E-state index is 0.132. The number of carbonyl (C=O) groups excluding carboxylic acids is 2. The van der Waals surface area contributed by atoms with Crippen molar-refractivity contribution in [2.24, 2.45) is 0 Å². The third kappa shape index (κ3) is 2.37. The lowest BCUT2D eigenvalue weighted by atomic mass is 9.87. The molecule has 3 heterocycles. The highest BCUT2D eigenvalue weighted by molar-refractivity contribution is 6.31. The zero-order valence-corrected chi connectivity index (χ0v) is 16.4. The number of carbonyl (C=O) groups is 2. The molecule has 0 bridgehead atoms. The standard InChI is InChI=1S/C21H15ClF3N3O2/c1-20-17-13(12-4-2-3-5-15(12)26-17)8-9-27(20)19(30)28(18(20)29)16-7-6-11(22)10-14(16)21(23,24)25/h2-7,10,26H,8-9H2,1H3. The number of amides is 3. The van der Waals surface area contributed by atoms with Gasteiger partial charge >= 0.3 is 12.2 Å². The maximum Gasteiger partial charge on any atom is 0.418 e. The molecule has 2 aromatic carbocycles. The van der Waals surface area contributed by atoms with Crippen molar-refractivity contribution in [1.82, 2.24) is 9.88 Å². The summed E-state index contributed by atoms with van der Waals surface area (Å²) in [5.74, 6) is -0.729. The number of anilines is 1. The van der Waals surface area contributed by atoms with Crippen molar-refractivity contribution in [3.8, 4) is 0 Å². The van der Waals surface area contributed by atoms with Crippen LogP contribution in [0.5, 0.6) is 0 Å². The van der Waals surface area contributed by atoms with E-state index in [9.17, 15) is 22.8 Å². The van der Waals surface area contributed by atoms with Crippen molar-refractivity contribution in [2.75, 3.05) is 11.4 Å². The molecule has 0 aliphatic carbocycles. The molecule has 0 radical (unpaired) electrons. The predicted molar refractivity (Wildman–Crippen MR) is 105 cm³/mol. The minimum Gasteiger partial charge on any atom is -0.356 e. The van der Waals surface area contributed by atoms with Crippen LogP contribution in [-0.2, 0) is 22.9 Å². The summed E-state index contributed by atoms with van der Waals surface area (Å²) in [5.41, 5.74) is -0.816. The Labute approximate surface area is 174 Å². The zero-order chi connectivity index (χ0) is 21.4. The molecule has 2 aliphatic rings. The summed E-state index contributed by atoms with van der Waals surface area (Å²) in [7, 11) is 0. The Kier molecular flexibility index (Phi) is 3.80. The van der Waals surface area contributed by atoms with Gasteiger partial charge in [0, 0.05) is 22.5 Å². The summed E-state index contributed by atoms with van der Waals surface area (Å²) in [4.78, 5) is 31.9. The Balaban J connectivity index is 1.70. The molecule has 1 unspecified atom stereocenters. The van der Waals surface area contributed by atoms with Gasteiger partial charge in [-0.15, -0.1) is 0 Å². The van der Waals surface area contributed by atoms with E-state index in [0.29, 0.717) is 17.0 Å². The quantitative estimate of drug-likeness (QED) is 0.544. The number of nitrogens with one attached hydrogen (secondary N) is 1. The fourth-order valence-corrected chi connectivity index (χ4v) is 4.71. The maximum atomic E-state index is 13.7. The maximum absolute atomic E-state index is 13.7. The van der Waals surface area contributed by atoms with Gasteiger partial charge in [-0.25, -0.2) is 9.69 Å². The largest absolute Gasteiger partial charge is 0.418 e. The molecule has 1 aromatic heterocycles. The van der Waals surface area contributed by atoms with Crippen molar-refractivity contribution >= 4 is 40.1 Å². The lowest BCUT2D eigenvalue weighted by Gasteiger charge is -2.35. The Morgan fingerprint density at radius 1 is 1.13 bits per heavy atom. The molecule has 1 saturated heterocycles. The number of benzene rings is 2. The molecule has 5 nitrogen and oxygen atoms in total. The number of halogens is 4. The van der Waals surface area contributed by atoms with Crippen LogP contribution in [0.1, 0.15) is 23.7 Å². The smallest absolute Gasteiger partial charge is 0.356 e. The van der Waals surface area contributed by atoms with Crippen molar-refractivity contribution in [3.63, 3.8) is 0 Å². The van der Waals surface area contributed by atoms with Crippen LogP contribution < -0.4 is 4.90 Å².